The van der Waals surface area contributed by atoms with E-state index in [0.29, 0.717) is 12.1 Å². The summed E-state index contributed by atoms with van der Waals surface area (Å²) in [4.78, 5) is 4.20. The van der Waals surface area contributed by atoms with E-state index in [0.717, 1.165) is 11.3 Å². The van der Waals surface area contributed by atoms with Gasteiger partial charge in [0.05, 0.1) is 5.71 Å². The third-order valence-electron chi connectivity index (χ3n) is 2.30. The minimum absolute atomic E-state index is 0.529. The average molecular weight is 212 g/mol. The van der Waals surface area contributed by atoms with Crippen LogP contribution < -0.4 is 0 Å². The average Bonchev–Trinajstić information content (AvgIpc) is 2.38. The molecule has 0 aliphatic heterocycles. The molecule has 2 rings (SSSR count). The van der Waals surface area contributed by atoms with Crippen molar-refractivity contribution in [3.8, 4) is 0 Å². The lowest BCUT2D eigenvalue weighted by Crippen LogP contribution is -2.06. The van der Waals surface area contributed by atoms with Crippen LogP contribution in [0.3, 0.4) is 0 Å². The zero-order valence-corrected chi connectivity index (χ0v) is 8.74. The second kappa shape index (κ2) is 5.07. The van der Waals surface area contributed by atoms with Crippen LogP contribution in [0.5, 0.6) is 0 Å². The minimum Gasteiger partial charge on any atom is -0.411 e. The second-order valence-electron chi connectivity index (χ2n) is 3.41. The molecule has 1 aromatic carbocycles. The van der Waals surface area contributed by atoms with Crippen molar-refractivity contribution in [2.24, 2.45) is 5.16 Å². The molecule has 0 radical (unpaired) electrons. The summed E-state index contributed by atoms with van der Waals surface area (Å²) in [6.07, 6.45) is 2.26. The van der Waals surface area contributed by atoms with Crippen molar-refractivity contribution in [3.63, 3.8) is 0 Å². The highest BCUT2D eigenvalue weighted by Gasteiger charge is 2.05. The van der Waals surface area contributed by atoms with Crippen molar-refractivity contribution in [3.05, 3.63) is 66.0 Å². The summed E-state index contributed by atoms with van der Waals surface area (Å²) in [5.41, 5.74) is 2.43. The Morgan fingerprint density at radius 2 is 1.81 bits per heavy atom. The molecule has 0 bridgehead atoms. The van der Waals surface area contributed by atoms with Crippen LogP contribution in [0.25, 0.3) is 0 Å². The van der Waals surface area contributed by atoms with Gasteiger partial charge in [0.2, 0.25) is 0 Å². The van der Waals surface area contributed by atoms with Crippen molar-refractivity contribution >= 4 is 5.71 Å². The molecule has 16 heavy (non-hydrogen) atoms. The molecule has 2 aromatic rings. The Labute approximate surface area is 94.1 Å². The molecule has 80 valence electrons. The van der Waals surface area contributed by atoms with E-state index < -0.39 is 0 Å². The first-order valence-electron chi connectivity index (χ1n) is 5.06. The maximum atomic E-state index is 9.00. The highest BCUT2D eigenvalue weighted by atomic mass is 16.4. The smallest absolute Gasteiger partial charge is 0.0927 e. The normalized spacial score (nSPS) is 11.4. The number of pyridine rings is 1. The van der Waals surface area contributed by atoms with E-state index in [1.54, 1.807) is 6.20 Å². The van der Waals surface area contributed by atoms with Gasteiger partial charge in [-0.25, -0.2) is 0 Å². The highest BCUT2D eigenvalue weighted by molar-refractivity contribution is 6.01. The van der Waals surface area contributed by atoms with Gasteiger partial charge in [-0.3, -0.25) is 4.98 Å². The van der Waals surface area contributed by atoms with Crippen LogP contribution in [-0.4, -0.2) is 15.9 Å². The van der Waals surface area contributed by atoms with Gasteiger partial charge in [0.15, 0.2) is 0 Å². The van der Waals surface area contributed by atoms with Crippen LogP contribution >= 0.6 is 0 Å². The fraction of sp³-hybridized carbons (Fsp3) is 0.0769. The lowest BCUT2D eigenvalue weighted by Gasteiger charge is -2.03. The number of oxime groups is 1. The highest BCUT2D eigenvalue weighted by Crippen LogP contribution is 2.06. The zero-order chi connectivity index (χ0) is 11.2. The van der Waals surface area contributed by atoms with Gasteiger partial charge in [-0.1, -0.05) is 41.6 Å². The van der Waals surface area contributed by atoms with Crippen molar-refractivity contribution in [2.45, 2.75) is 6.42 Å². The van der Waals surface area contributed by atoms with E-state index in [9.17, 15) is 0 Å². The van der Waals surface area contributed by atoms with Gasteiger partial charge in [-0.15, -0.1) is 0 Å². The van der Waals surface area contributed by atoms with Crippen LogP contribution in [0.15, 0.2) is 59.9 Å². The van der Waals surface area contributed by atoms with Gasteiger partial charge in [-0.2, -0.15) is 0 Å². The molecule has 0 amide bonds. The summed E-state index contributed by atoms with van der Waals surface area (Å²) in [7, 11) is 0. The lowest BCUT2D eigenvalue weighted by atomic mass is 10.1. The number of hydrogen-bond acceptors (Lipinski definition) is 3. The molecule has 0 aliphatic rings. The van der Waals surface area contributed by atoms with Gasteiger partial charge in [-0.05, 0) is 17.7 Å². The molecule has 0 spiro atoms. The standard InChI is InChI=1S/C13H12N2O/c16-15-13(11-6-2-1-3-7-11)10-12-8-4-5-9-14-12/h1-9,16H,10H2/b15-13+. The van der Waals surface area contributed by atoms with E-state index in [4.69, 9.17) is 5.21 Å². The summed E-state index contributed by atoms with van der Waals surface area (Å²) < 4.78 is 0. The Bertz CT molecular complexity index is 466. The van der Waals surface area contributed by atoms with E-state index in [1.807, 2.05) is 48.5 Å². The maximum absolute atomic E-state index is 9.00. The molecule has 1 heterocycles. The van der Waals surface area contributed by atoms with Gasteiger partial charge in [0.1, 0.15) is 0 Å². The van der Waals surface area contributed by atoms with E-state index >= 15 is 0 Å². The molecule has 3 heteroatoms. The molecule has 0 aliphatic carbocycles. The predicted octanol–water partition coefficient (Wildman–Crippen LogP) is 2.50. The molecule has 1 aromatic heterocycles. The quantitative estimate of drug-likeness (QED) is 0.482. The van der Waals surface area contributed by atoms with Crippen molar-refractivity contribution in [1.82, 2.24) is 4.98 Å². The van der Waals surface area contributed by atoms with E-state index in [1.165, 1.54) is 0 Å². The van der Waals surface area contributed by atoms with E-state index in [-0.39, 0.29) is 0 Å². The summed E-state index contributed by atoms with van der Waals surface area (Å²) in [6.45, 7) is 0. The lowest BCUT2D eigenvalue weighted by molar-refractivity contribution is 0.318. The predicted molar refractivity (Wildman–Crippen MR) is 62.7 cm³/mol. The first-order chi connectivity index (χ1) is 7.90. The molecule has 0 fully saturated rings. The third-order valence-corrected chi connectivity index (χ3v) is 2.30. The van der Waals surface area contributed by atoms with Gasteiger partial charge < -0.3 is 5.21 Å². The Balaban J connectivity index is 2.20. The summed E-state index contributed by atoms with van der Waals surface area (Å²) in [5.74, 6) is 0. The van der Waals surface area contributed by atoms with Gasteiger partial charge >= 0.3 is 0 Å². The number of aromatic nitrogens is 1. The van der Waals surface area contributed by atoms with Crippen LogP contribution in [0.2, 0.25) is 0 Å². The first-order valence-corrected chi connectivity index (χ1v) is 5.06. The molecule has 0 atom stereocenters. The first kappa shape index (κ1) is 10.4. The van der Waals surface area contributed by atoms with Crippen LogP contribution in [0.1, 0.15) is 11.3 Å². The maximum Gasteiger partial charge on any atom is 0.0927 e. The Kier molecular flexibility index (Phi) is 3.28. The molecule has 0 unspecified atom stereocenters. The second-order valence-corrected chi connectivity index (χ2v) is 3.41. The van der Waals surface area contributed by atoms with E-state index in [2.05, 4.69) is 10.1 Å². The zero-order valence-electron chi connectivity index (χ0n) is 8.74. The van der Waals surface area contributed by atoms with Crippen LogP contribution in [0.4, 0.5) is 0 Å². The van der Waals surface area contributed by atoms with Crippen molar-refractivity contribution < 1.29 is 5.21 Å². The summed E-state index contributed by atoms with van der Waals surface area (Å²) in [5, 5.41) is 12.3. The third kappa shape index (κ3) is 2.45. The fourth-order valence-corrected chi connectivity index (χ4v) is 1.50. The van der Waals surface area contributed by atoms with Crippen molar-refractivity contribution in [1.29, 1.82) is 0 Å². The largest absolute Gasteiger partial charge is 0.411 e. The Hall–Kier alpha value is -2.16. The minimum atomic E-state index is 0.529. The van der Waals surface area contributed by atoms with Crippen LogP contribution in [0, 0.1) is 0 Å². The number of rotatable bonds is 3. The monoisotopic (exact) mass is 212 g/mol. The number of hydrogen-bond donors (Lipinski definition) is 1. The molecule has 1 N–H and O–H groups in total. The Morgan fingerprint density at radius 3 is 2.44 bits per heavy atom. The molecule has 0 saturated carbocycles. The van der Waals surface area contributed by atoms with Gasteiger partial charge in [0, 0.05) is 18.3 Å². The Morgan fingerprint density at radius 1 is 1.06 bits per heavy atom. The number of benzene rings is 1. The molecular weight excluding hydrogens is 200 g/mol. The molecular formula is C13H12N2O. The number of nitrogens with zero attached hydrogens (tertiary/aromatic N) is 2. The van der Waals surface area contributed by atoms with Crippen molar-refractivity contribution in [2.75, 3.05) is 0 Å². The van der Waals surface area contributed by atoms with Gasteiger partial charge in [0.25, 0.3) is 0 Å². The van der Waals surface area contributed by atoms with Crippen LogP contribution in [-0.2, 0) is 6.42 Å². The fourth-order valence-electron chi connectivity index (χ4n) is 1.50. The topological polar surface area (TPSA) is 45.5 Å². The summed E-state index contributed by atoms with van der Waals surface area (Å²) >= 11 is 0. The SMILES string of the molecule is O/N=C(\Cc1ccccn1)c1ccccc1. The summed E-state index contributed by atoms with van der Waals surface area (Å²) in [6, 6.07) is 15.3. The molecule has 0 saturated heterocycles. The molecule has 3 nitrogen and oxygen atoms in total.